The van der Waals surface area contributed by atoms with Crippen LogP contribution in [0, 0.1) is 6.92 Å². The molecule has 0 spiro atoms. The molecule has 27 heavy (non-hydrogen) atoms. The summed E-state index contributed by atoms with van der Waals surface area (Å²) in [6, 6.07) is 7.56. The molecule has 0 aliphatic rings. The number of benzene rings is 1. The number of aryl methyl sites for hydroxylation is 1. The fourth-order valence-electron chi connectivity index (χ4n) is 2.76. The zero-order valence-corrected chi connectivity index (χ0v) is 15.9. The molecule has 0 unspecified atom stereocenters. The Labute approximate surface area is 157 Å². The summed E-state index contributed by atoms with van der Waals surface area (Å²) in [7, 11) is 5.65. The summed E-state index contributed by atoms with van der Waals surface area (Å²) in [5.74, 6) is 0.306. The van der Waals surface area contributed by atoms with E-state index in [0.29, 0.717) is 18.0 Å². The van der Waals surface area contributed by atoms with E-state index in [9.17, 15) is 4.79 Å². The second-order valence-corrected chi connectivity index (χ2v) is 6.54. The van der Waals surface area contributed by atoms with Gasteiger partial charge in [0.2, 0.25) is 5.91 Å². The van der Waals surface area contributed by atoms with Crippen LogP contribution < -0.4 is 10.6 Å². The lowest BCUT2D eigenvalue weighted by molar-refractivity contribution is -0.113. The number of nitrogens with zero attached hydrogens (tertiary/aromatic N) is 6. The van der Waals surface area contributed by atoms with Crippen LogP contribution in [0.15, 0.2) is 42.7 Å². The number of hydrogen-bond acceptors (Lipinski definition) is 6. The van der Waals surface area contributed by atoms with Gasteiger partial charge < -0.3 is 15.5 Å². The quantitative estimate of drug-likeness (QED) is 0.693. The molecular weight excluding hydrogens is 342 g/mol. The van der Waals surface area contributed by atoms with Gasteiger partial charge in [0.1, 0.15) is 12.1 Å². The number of aromatic nitrogens is 4. The van der Waals surface area contributed by atoms with E-state index >= 15 is 0 Å². The standard InChI is InChI=1S/C19H23N7O/c1-13-17-18(20)21-12-22-19(17)26(23-13)15-8-5-7-14(11-15)25(4)16(27)9-6-10-24(2)3/h5-9,11-12H,10H2,1-4H3,(H2,20,21,22). The first-order valence-corrected chi connectivity index (χ1v) is 8.53. The van der Waals surface area contributed by atoms with E-state index in [0.717, 1.165) is 22.5 Å². The van der Waals surface area contributed by atoms with Crippen LogP contribution in [0.25, 0.3) is 16.7 Å². The molecule has 0 aliphatic heterocycles. The van der Waals surface area contributed by atoms with Gasteiger partial charge in [-0.1, -0.05) is 12.1 Å². The Morgan fingerprint density at radius 2 is 2.04 bits per heavy atom. The van der Waals surface area contributed by atoms with E-state index in [1.54, 1.807) is 22.7 Å². The molecule has 0 fully saturated rings. The first-order chi connectivity index (χ1) is 12.9. The summed E-state index contributed by atoms with van der Waals surface area (Å²) in [4.78, 5) is 24.3. The smallest absolute Gasteiger partial charge is 0.250 e. The number of carbonyl (C=O) groups excluding carboxylic acids is 1. The molecule has 3 aromatic rings. The van der Waals surface area contributed by atoms with Gasteiger partial charge in [-0.05, 0) is 39.2 Å². The van der Waals surface area contributed by atoms with Gasteiger partial charge >= 0.3 is 0 Å². The number of nitrogens with two attached hydrogens (primary N) is 1. The first kappa shape index (κ1) is 18.5. The third kappa shape index (κ3) is 3.80. The molecule has 8 nitrogen and oxygen atoms in total. The number of fused-ring (bicyclic) bond motifs is 1. The Hall–Kier alpha value is -3.26. The van der Waals surface area contributed by atoms with Gasteiger partial charge in [0, 0.05) is 25.4 Å². The molecule has 0 aliphatic carbocycles. The molecule has 1 amide bonds. The topological polar surface area (TPSA) is 93.2 Å². The number of amides is 1. The van der Waals surface area contributed by atoms with Crippen molar-refractivity contribution in [2.75, 3.05) is 38.3 Å². The third-order valence-electron chi connectivity index (χ3n) is 4.19. The molecule has 0 saturated heterocycles. The van der Waals surface area contributed by atoms with E-state index in [1.165, 1.54) is 6.33 Å². The maximum Gasteiger partial charge on any atom is 0.250 e. The number of likely N-dealkylation sites (N-methyl/N-ethyl adjacent to an activating group) is 2. The van der Waals surface area contributed by atoms with Gasteiger partial charge in [-0.3, -0.25) is 4.79 Å². The van der Waals surface area contributed by atoms with Gasteiger partial charge in [0.25, 0.3) is 0 Å². The predicted molar refractivity (Wildman–Crippen MR) is 107 cm³/mol. The van der Waals surface area contributed by atoms with Crippen LogP contribution >= 0.6 is 0 Å². The maximum atomic E-state index is 12.4. The largest absolute Gasteiger partial charge is 0.383 e. The number of anilines is 2. The van der Waals surface area contributed by atoms with E-state index in [4.69, 9.17) is 5.73 Å². The van der Waals surface area contributed by atoms with Crippen molar-refractivity contribution in [3.63, 3.8) is 0 Å². The minimum atomic E-state index is -0.0953. The molecule has 0 atom stereocenters. The van der Waals surface area contributed by atoms with Crippen molar-refractivity contribution >= 4 is 28.4 Å². The molecule has 2 aromatic heterocycles. The summed E-state index contributed by atoms with van der Waals surface area (Å²) in [5.41, 5.74) is 8.91. The zero-order chi connectivity index (χ0) is 19.6. The SMILES string of the molecule is Cc1nn(-c2cccc(N(C)C(=O)C=CCN(C)C)c2)c2ncnc(N)c12. The van der Waals surface area contributed by atoms with E-state index in [2.05, 4.69) is 15.1 Å². The number of nitrogen functional groups attached to an aromatic ring is 1. The van der Waals surface area contributed by atoms with Gasteiger partial charge in [0.05, 0.1) is 16.8 Å². The number of hydrogen-bond donors (Lipinski definition) is 1. The summed E-state index contributed by atoms with van der Waals surface area (Å²) in [6.45, 7) is 2.58. The van der Waals surface area contributed by atoms with Crippen molar-refractivity contribution in [1.29, 1.82) is 0 Å². The van der Waals surface area contributed by atoms with Crippen molar-refractivity contribution in [3.05, 3.63) is 48.4 Å². The van der Waals surface area contributed by atoms with Crippen molar-refractivity contribution in [2.45, 2.75) is 6.92 Å². The first-order valence-electron chi connectivity index (χ1n) is 8.53. The van der Waals surface area contributed by atoms with Crippen molar-refractivity contribution in [1.82, 2.24) is 24.6 Å². The second-order valence-electron chi connectivity index (χ2n) is 6.54. The summed E-state index contributed by atoms with van der Waals surface area (Å²) in [5, 5.41) is 5.28. The lowest BCUT2D eigenvalue weighted by Crippen LogP contribution is -2.24. The predicted octanol–water partition coefficient (Wildman–Crippen LogP) is 1.79. The van der Waals surface area contributed by atoms with E-state index in [1.807, 2.05) is 56.3 Å². The van der Waals surface area contributed by atoms with Crippen LogP contribution in [0.4, 0.5) is 11.5 Å². The summed E-state index contributed by atoms with van der Waals surface area (Å²) < 4.78 is 1.71. The summed E-state index contributed by atoms with van der Waals surface area (Å²) >= 11 is 0. The van der Waals surface area contributed by atoms with Crippen molar-refractivity contribution in [3.8, 4) is 5.69 Å². The maximum absolute atomic E-state index is 12.4. The van der Waals surface area contributed by atoms with Gasteiger partial charge in [-0.25, -0.2) is 14.6 Å². The molecule has 2 N–H and O–H groups in total. The molecule has 8 heteroatoms. The van der Waals surface area contributed by atoms with Crippen LogP contribution in [0.2, 0.25) is 0 Å². The highest BCUT2D eigenvalue weighted by molar-refractivity contribution is 6.01. The Kier molecular flexibility index (Phi) is 5.18. The molecule has 1 aromatic carbocycles. The van der Waals surface area contributed by atoms with Crippen molar-refractivity contribution < 1.29 is 4.79 Å². The van der Waals surface area contributed by atoms with Crippen LogP contribution in [0.1, 0.15) is 5.69 Å². The van der Waals surface area contributed by atoms with Crippen LogP contribution in [0.3, 0.4) is 0 Å². The number of rotatable bonds is 5. The Bertz CT molecular complexity index is 1010. The van der Waals surface area contributed by atoms with E-state index in [-0.39, 0.29) is 5.91 Å². The highest BCUT2D eigenvalue weighted by atomic mass is 16.2. The Morgan fingerprint density at radius 1 is 1.26 bits per heavy atom. The molecular formula is C19H23N7O. The summed E-state index contributed by atoms with van der Waals surface area (Å²) in [6.07, 6.45) is 4.84. The lowest BCUT2D eigenvalue weighted by atomic mass is 10.2. The minimum absolute atomic E-state index is 0.0953. The monoisotopic (exact) mass is 365 g/mol. The Morgan fingerprint density at radius 3 is 2.78 bits per heavy atom. The highest BCUT2D eigenvalue weighted by Crippen LogP contribution is 2.25. The average Bonchev–Trinajstić information content (AvgIpc) is 2.99. The van der Waals surface area contributed by atoms with Gasteiger partial charge in [-0.2, -0.15) is 5.10 Å². The average molecular weight is 365 g/mol. The molecule has 2 heterocycles. The lowest BCUT2D eigenvalue weighted by Gasteiger charge is -2.16. The molecule has 0 bridgehead atoms. The van der Waals surface area contributed by atoms with Crippen molar-refractivity contribution in [2.24, 2.45) is 0 Å². The normalized spacial score (nSPS) is 11.6. The van der Waals surface area contributed by atoms with Crippen LogP contribution in [-0.2, 0) is 4.79 Å². The fourth-order valence-corrected chi connectivity index (χ4v) is 2.76. The molecule has 0 radical (unpaired) electrons. The van der Waals surface area contributed by atoms with Crippen LogP contribution in [0.5, 0.6) is 0 Å². The molecule has 0 saturated carbocycles. The molecule has 140 valence electrons. The Balaban J connectivity index is 1.94. The molecule has 3 rings (SSSR count). The minimum Gasteiger partial charge on any atom is -0.383 e. The van der Waals surface area contributed by atoms with Gasteiger partial charge in [0.15, 0.2) is 5.65 Å². The third-order valence-corrected chi connectivity index (χ3v) is 4.19. The van der Waals surface area contributed by atoms with Gasteiger partial charge in [-0.15, -0.1) is 0 Å². The van der Waals surface area contributed by atoms with Crippen LogP contribution in [-0.4, -0.2) is 58.2 Å². The zero-order valence-electron chi connectivity index (χ0n) is 15.9. The van der Waals surface area contributed by atoms with E-state index < -0.39 is 0 Å². The number of carbonyl (C=O) groups is 1. The second kappa shape index (κ2) is 7.55. The fraction of sp³-hybridized carbons (Fsp3) is 0.263. The highest BCUT2D eigenvalue weighted by Gasteiger charge is 2.15.